The zero-order chi connectivity index (χ0) is 11.3. The van der Waals surface area contributed by atoms with Gasteiger partial charge in [-0.15, -0.1) is 5.06 Å². The third-order valence-corrected chi connectivity index (χ3v) is 2.16. The third-order valence-electron chi connectivity index (χ3n) is 1.41. The summed E-state index contributed by atoms with van der Waals surface area (Å²) in [5, 5.41) is 9.83. The van der Waals surface area contributed by atoms with Crippen LogP contribution in [0.15, 0.2) is 35.2 Å². The molecule has 0 saturated heterocycles. The number of hydrogen-bond acceptors (Lipinski definition) is 4. The maximum absolute atomic E-state index is 11.1. The number of carbonyl (C=O) groups excluding carboxylic acids is 2. The Balaban J connectivity index is 2.47. The van der Waals surface area contributed by atoms with Crippen molar-refractivity contribution in [2.75, 3.05) is 7.05 Å². The zero-order valence-electron chi connectivity index (χ0n) is 7.88. The first-order chi connectivity index (χ1) is 7.09. The molecule has 0 atom stereocenters. The summed E-state index contributed by atoms with van der Waals surface area (Å²) >= 11 is 0.795. The van der Waals surface area contributed by atoms with Crippen molar-refractivity contribution in [3.05, 3.63) is 30.3 Å². The smallest absolute Gasteiger partial charge is 0.324 e. The lowest BCUT2D eigenvalue weighted by Crippen LogP contribution is -2.25. The number of hydroxylamine groups is 2. The number of rotatable bonds is 1. The predicted molar refractivity (Wildman–Crippen MR) is 52.6 cm³/mol. The molecule has 0 N–H and O–H groups in total. The predicted octanol–water partition coefficient (Wildman–Crippen LogP) is 2.31. The summed E-state index contributed by atoms with van der Waals surface area (Å²) in [6.07, 6.45) is -1.57. The molecule has 1 aromatic rings. The highest BCUT2D eigenvalue weighted by atomic mass is 32.2. The topological polar surface area (TPSA) is 66.5 Å². The fraction of sp³-hybridized carbons (Fsp3) is 0.111. The molecule has 79 valence electrons. The Morgan fingerprint density at radius 3 is 2.40 bits per heavy atom. The lowest BCUT2D eigenvalue weighted by Gasteiger charge is -2.09. The SMILES string of the molecule is CN(OC(=O)Sc1ccccc1)C([O])=O. The Hall–Kier alpha value is -1.69. The van der Waals surface area contributed by atoms with Crippen molar-refractivity contribution in [1.29, 1.82) is 0 Å². The quantitative estimate of drug-likeness (QED) is 0.544. The normalized spacial score (nSPS) is 9.40. The molecule has 0 heterocycles. The molecule has 0 fully saturated rings. The number of hydrogen-bond donors (Lipinski definition) is 0. The molecule has 0 saturated carbocycles. The zero-order valence-corrected chi connectivity index (χ0v) is 8.69. The molecule has 1 radical (unpaired) electrons. The van der Waals surface area contributed by atoms with Crippen LogP contribution in [0.5, 0.6) is 0 Å². The number of carbonyl (C=O) groups is 2. The van der Waals surface area contributed by atoms with E-state index in [-0.39, 0.29) is 0 Å². The lowest BCUT2D eigenvalue weighted by atomic mass is 10.4. The summed E-state index contributed by atoms with van der Waals surface area (Å²) in [7, 11) is 1.08. The van der Waals surface area contributed by atoms with E-state index in [0.717, 1.165) is 18.8 Å². The highest BCUT2D eigenvalue weighted by Crippen LogP contribution is 2.19. The van der Waals surface area contributed by atoms with Gasteiger partial charge in [0.05, 0.1) is 7.05 Å². The van der Waals surface area contributed by atoms with Gasteiger partial charge in [-0.2, -0.15) is 0 Å². The number of amides is 1. The first-order valence-electron chi connectivity index (χ1n) is 3.99. The molecule has 0 aliphatic heterocycles. The molecule has 6 heteroatoms. The molecule has 1 rings (SSSR count). The van der Waals surface area contributed by atoms with Gasteiger partial charge in [-0.25, -0.2) is 14.7 Å². The molecule has 1 amide bonds. The number of thioether (sulfide) groups is 1. The lowest BCUT2D eigenvalue weighted by molar-refractivity contribution is -0.0514. The van der Waals surface area contributed by atoms with Crippen LogP contribution in [0, 0.1) is 0 Å². The molecular formula is C9H8NO4S. The second kappa shape index (κ2) is 5.26. The van der Waals surface area contributed by atoms with E-state index in [0.29, 0.717) is 9.96 Å². The number of benzene rings is 1. The van der Waals surface area contributed by atoms with Crippen molar-refractivity contribution < 1.29 is 19.5 Å². The second-order valence-electron chi connectivity index (χ2n) is 2.52. The van der Waals surface area contributed by atoms with E-state index in [1.165, 1.54) is 0 Å². The Morgan fingerprint density at radius 2 is 1.87 bits per heavy atom. The van der Waals surface area contributed by atoms with Gasteiger partial charge in [-0.05, 0) is 23.9 Å². The average Bonchev–Trinajstić information content (AvgIpc) is 2.18. The molecule has 15 heavy (non-hydrogen) atoms. The van der Waals surface area contributed by atoms with Crippen LogP contribution in [0.2, 0.25) is 0 Å². The van der Waals surface area contributed by atoms with Crippen molar-refractivity contribution in [2.45, 2.75) is 4.90 Å². The molecule has 0 bridgehead atoms. The van der Waals surface area contributed by atoms with Crippen molar-refractivity contribution in [3.63, 3.8) is 0 Å². The van der Waals surface area contributed by atoms with Crippen LogP contribution in [0.3, 0.4) is 0 Å². The Kier molecular flexibility index (Phi) is 3.99. The molecule has 1 aromatic carbocycles. The molecule has 0 aliphatic rings. The van der Waals surface area contributed by atoms with Crippen LogP contribution in [0.4, 0.5) is 9.59 Å². The minimum atomic E-state index is -1.57. The Bertz CT molecular complexity index is 354. The summed E-state index contributed by atoms with van der Waals surface area (Å²) in [5.74, 6) is 0. The minimum Gasteiger partial charge on any atom is -0.324 e. The van der Waals surface area contributed by atoms with Gasteiger partial charge in [0.2, 0.25) is 0 Å². The Labute approximate surface area is 90.6 Å². The van der Waals surface area contributed by atoms with Crippen LogP contribution in [-0.4, -0.2) is 23.5 Å². The van der Waals surface area contributed by atoms with Gasteiger partial charge in [0.1, 0.15) is 0 Å². The van der Waals surface area contributed by atoms with Crippen molar-refractivity contribution >= 4 is 23.2 Å². The van der Waals surface area contributed by atoms with Crippen molar-refractivity contribution in [1.82, 2.24) is 5.06 Å². The van der Waals surface area contributed by atoms with Gasteiger partial charge < -0.3 is 4.84 Å². The van der Waals surface area contributed by atoms with Crippen molar-refractivity contribution in [3.8, 4) is 0 Å². The van der Waals surface area contributed by atoms with E-state index < -0.39 is 11.4 Å². The molecule has 5 nitrogen and oxygen atoms in total. The highest BCUT2D eigenvalue weighted by Gasteiger charge is 2.14. The molecule has 0 aromatic heterocycles. The summed E-state index contributed by atoms with van der Waals surface area (Å²) in [6, 6.07) is 8.76. The van der Waals surface area contributed by atoms with Crippen LogP contribution >= 0.6 is 11.8 Å². The molecule has 0 spiro atoms. The molecular weight excluding hydrogens is 218 g/mol. The molecule has 0 aliphatic carbocycles. The van der Waals surface area contributed by atoms with E-state index in [2.05, 4.69) is 4.84 Å². The second-order valence-corrected chi connectivity index (χ2v) is 3.53. The maximum atomic E-state index is 11.1. The monoisotopic (exact) mass is 226 g/mol. The largest absolute Gasteiger partial charge is 0.485 e. The highest BCUT2D eigenvalue weighted by molar-refractivity contribution is 8.13. The standard InChI is InChI=1S/C9H8NO4S/c1-10(8(11)12)14-9(13)15-7-5-3-2-4-6-7/h2-6H,1H3. The van der Waals surface area contributed by atoms with E-state index in [1.54, 1.807) is 24.3 Å². The van der Waals surface area contributed by atoms with Crippen LogP contribution in [-0.2, 0) is 9.94 Å². The van der Waals surface area contributed by atoms with Gasteiger partial charge in [0.25, 0.3) is 0 Å². The average molecular weight is 226 g/mol. The maximum Gasteiger partial charge on any atom is 0.485 e. The van der Waals surface area contributed by atoms with Gasteiger partial charge >= 0.3 is 11.4 Å². The summed E-state index contributed by atoms with van der Waals surface area (Å²) < 4.78 is 0. The fourth-order valence-electron chi connectivity index (χ4n) is 0.752. The summed E-state index contributed by atoms with van der Waals surface area (Å²) in [5.41, 5.74) is 0. The first kappa shape index (κ1) is 11.4. The molecule has 0 unspecified atom stereocenters. The summed E-state index contributed by atoms with van der Waals surface area (Å²) in [4.78, 5) is 26.4. The van der Waals surface area contributed by atoms with Gasteiger partial charge in [0.15, 0.2) is 0 Å². The Morgan fingerprint density at radius 1 is 1.27 bits per heavy atom. The minimum absolute atomic E-state index is 0.346. The van der Waals surface area contributed by atoms with E-state index in [9.17, 15) is 14.7 Å². The van der Waals surface area contributed by atoms with E-state index in [4.69, 9.17) is 0 Å². The van der Waals surface area contributed by atoms with Gasteiger partial charge in [-0.3, -0.25) is 0 Å². The number of nitrogens with zero attached hydrogens (tertiary/aromatic N) is 1. The van der Waals surface area contributed by atoms with E-state index in [1.807, 2.05) is 6.07 Å². The third kappa shape index (κ3) is 3.90. The first-order valence-corrected chi connectivity index (χ1v) is 4.81. The van der Waals surface area contributed by atoms with Crippen LogP contribution in [0.1, 0.15) is 0 Å². The van der Waals surface area contributed by atoms with E-state index >= 15 is 0 Å². The van der Waals surface area contributed by atoms with Gasteiger partial charge in [0, 0.05) is 4.90 Å². The summed E-state index contributed by atoms with van der Waals surface area (Å²) in [6.45, 7) is 0. The fourth-order valence-corrected chi connectivity index (χ4v) is 1.39. The van der Waals surface area contributed by atoms with Crippen molar-refractivity contribution in [2.24, 2.45) is 0 Å². The van der Waals surface area contributed by atoms with Crippen LogP contribution < -0.4 is 0 Å². The van der Waals surface area contributed by atoms with Gasteiger partial charge in [-0.1, -0.05) is 18.2 Å². The van der Waals surface area contributed by atoms with Crippen LogP contribution in [0.25, 0.3) is 0 Å².